The third kappa shape index (κ3) is 3.49. The first-order chi connectivity index (χ1) is 9.88. The van der Waals surface area contributed by atoms with Gasteiger partial charge < -0.3 is 11.1 Å². The Morgan fingerprint density at radius 3 is 2.81 bits per heavy atom. The fraction of sp³-hybridized carbons (Fsp3) is 0.214. The van der Waals surface area contributed by atoms with Crippen LogP contribution >= 0.6 is 15.9 Å². The monoisotopic (exact) mass is 350 g/mol. The first-order valence-corrected chi connectivity index (χ1v) is 7.05. The molecule has 110 valence electrons. The van der Waals surface area contributed by atoms with Gasteiger partial charge in [0, 0.05) is 11.4 Å². The molecule has 2 rings (SSSR count). The van der Waals surface area contributed by atoms with E-state index in [0.29, 0.717) is 21.5 Å². The third-order valence-corrected chi connectivity index (χ3v) is 3.91. The summed E-state index contributed by atoms with van der Waals surface area (Å²) in [6, 6.07) is 5.21. The highest BCUT2D eigenvalue weighted by Crippen LogP contribution is 2.17. The number of aromatic nitrogens is 2. The van der Waals surface area contributed by atoms with Gasteiger partial charge in [-0.25, -0.2) is 4.98 Å². The molecule has 0 atom stereocenters. The smallest absolute Gasteiger partial charge is 0.268 e. The second-order valence-electron chi connectivity index (χ2n) is 4.70. The molecule has 1 amide bonds. The van der Waals surface area contributed by atoms with E-state index in [1.165, 1.54) is 10.9 Å². The number of carbonyl (C=O) groups is 1. The van der Waals surface area contributed by atoms with E-state index < -0.39 is 0 Å². The molecule has 7 heteroatoms. The summed E-state index contributed by atoms with van der Waals surface area (Å²) in [7, 11) is 0. The first kappa shape index (κ1) is 15.2. The average Bonchev–Trinajstić information content (AvgIpc) is 2.43. The molecule has 0 spiro atoms. The van der Waals surface area contributed by atoms with Crippen LogP contribution in [0.25, 0.3) is 0 Å². The summed E-state index contributed by atoms with van der Waals surface area (Å²) in [4.78, 5) is 28.0. The molecule has 3 N–H and O–H groups in total. The van der Waals surface area contributed by atoms with Crippen molar-refractivity contribution in [3.63, 3.8) is 0 Å². The summed E-state index contributed by atoms with van der Waals surface area (Å²) in [6.07, 6.45) is 1.36. The second kappa shape index (κ2) is 6.09. The van der Waals surface area contributed by atoms with Gasteiger partial charge in [0.2, 0.25) is 5.91 Å². The van der Waals surface area contributed by atoms with E-state index in [1.807, 2.05) is 6.92 Å². The van der Waals surface area contributed by atoms with Gasteiger partial charge in [-0.15, -0.1) is 0 Å². The zero-order chi connectivity index (χ0) is 15.6. The minimum atomic E-state index is -0.303. The van der Waals surface area contributed by atoms with Crippen molar-refractivity contribution in [2.45, 2.75) is 20.4 Å². The maximum Gasteiger partial charge on any atom is 0.268 e. The summed E-state index contributed by atoms with van der Waals surface area (Å²) in [5.41, 5.74) is 8.13. The van der Waals surface area contributed by atoms with Crippen LogP contribution < -0.4 is 16.6 Å². The Labute approximate surface area is 130 Å². The van der Waals surface area contributed by atoms with Gasteiger partial charge in [-0.2, -0.15) is 0 Å². The van der Waals surface area contributed by atoms with Gasteiger partial charge in [0.05, 0.1) is 12.0 Å². The molecular weight excluding hydrogens is 336 g/mol. The molecule has 0 saturated heterocycles. The lowest BCUT2D eigenvalue weighted by Gasteiger charge is -2.10. The number of anilines is 2. The van der Waals surface area contributed by atoms with Crippen molar-refractivity contribution in [1.82, 2.24) is 9.55 Å². The summed E-state index contributed by atoms with van der Waals surface area (Å²) in [5, 5.41) is 2.75. The molecule has 0 aliphatic carbocycles. The van der Waals surface area contributed by atoms with E-state index in [9.17, 15) is 9.59 Å². The molecule has 2 aromatic rings. The van der Waals surface area contributed by atoms with Crippen LogP contribution in [0.1, 0.15) is 11.3 Å². The van der Waals surface area contributed by atoms with E-state index in [1.54, 1.807) is 25.1 Å². The van der Waals surface area contributed by atoms with Gasteiger partial charge in [0.15, 0.2) is 0 Å². The third-order valence-electron chi connectivity index (χ3n) is 3.00. The Morgan fingerprint density at radius 2 is 2.14 bits per heavy atom. The highest BCUT2D eigenvalue weighted by atomic mass is 79.9. The summed E-state index contributed by atoms with van der Waals surface area (Å²) >= 11 is 3.16. The van der Waals surface area contributed by atoms with Crippen LogP contribution in [0, 0.1) is 13.8 Å². The zero-order valence-electron chi connectivity index (χ0n) is 11.7. The standard InChI is InChI=1S/C14H15BrN4O2/c1-8-5-10(16)3-4-11(8)18-12(20)6-19-7-17-9(2)13(15)14(19)21/h3-5,7H,6,16H2,1-2H3,(H,18,20). The van der Waals surface area contributed by atoms with Crippen molar-refractivity contribution < 1.29 is 4.79 Å². The number of nitrogens with two attached hydrogens (primary N) is 1. The Balaban J connectivity index is 2.16. The van der Waals surface area contributed by atoms with Crippen LogP contribution in [-0.4, -0.2) is 15.5 Å². The van der Waals surface area contributed by atoms with Crippen molar-refractivity contribution in [1.29, 1.82) is 0 Å². The average molecular weight is 351 g/mol. The number of aryl methyl sites for hydroxylation is 2. The molecule has 0 unspecified atom stereocenters. The van der Waals surface area contributed by atoms with Crippen molar-refractivity contribution in [2.24, 2.45) is 0 Å². The molecule has 0 bridgehead atoms. The number of nitrogens with zero attached hydrogens (tertiary/aromatic N) is 2. The summed E-state index contributed by atoms with van der Waals surface area (Å²) in [6.45, 7) is 3.46. The fourth-order valence-corrected chi connectivity index (χ4v) is 2.16. The summed E-state index contributed by atoms with van der Waals surface area (Å²) in [5.74, 6) is -0.303. The number of benzene rings is 1. The van der Waals surface area contributed by atoms with E-state index in [-0.39, 0.29) is 18.0 Å². The van der Waals surface area contributed by atoms with Crippen molar-refractivity contribution in [3.8, 4) is 0 Å². The van der Waals surface area contributed by atoms with Crippen LogP contribution in [0.3, 0.4) is 0 Å². The Kier molecular flexibility index (Phi) is 4.42. The largest absolute Gasteiger partial charge is 0.399 e. The number of hydrogen-bond donors (Lipinski definition) is 2. The molecule has 0 aliphatic heterocycles. The van der Waals surface area contributed by atoms with Gasteiger partial charge in [0.1, 0.15) is 11.0 Å². The van der Waals surface area contributed by atoms with Crippen LogP contribution in [0.5, 0.6) is 0 Å². The number of hydrogen-bond acceptors (Lipinski definition) is 4. The fourth-order valence-electron chi connectivity index (χ4n) is 1.83. The molecule has 6 nitrogen and oxygen atoms in total. The maximum atomic E-state index is 12.0. The Morgan fingerprint density at radius 1 is 1.43 bits per heavy atom. The van der Waals surface area contributed by atoms with Gasteiger partial charge in [-0.1, -0.05) is 0 Å². The van der Waals surface area contributed by atoms with Gasteiger partial charge in [0.25, 0.3) is 5.56 Å². The van der Waals surface area contributed by atoms with Crippen molar-refractivity contribution >= 4 is 33.2 Å². The van der Waals surface area contributed by atoms with Gasteiger partial charge >= 0.3 is 0 Å². The Hall–Kier alpha value is -2.15. The topological polar surface area (TPSA) is 90.0 Å². The highest BCUT2D eigenvalue weighted by Gasteiger charge is 2.10. The lowest BCUT2D eigenvalue weighted by molar-refractivity contribution is -0.116. The molecule has 0 saturated carbocycles. The molecule has 21 heavy (non-hydrogen) atoms. The minimum absolute atomic E-state index is 0.103. The van der Waals surface area contributed by atoms with E-state index >= 15 is 0 Å². The van der Waals surface area contributed by atoms with E-state index in [0.717, 1.165) is 5.56 Å². The van der Waals surface area contributed by atoms with Crippen molar-refractivity contribution in [3.05, 3.63) is 50.6 Å². The van der Waals surface area contributed by atoms with Crippen LogP contribution in [0.2, 0.25) is 0 Å². The Bertz CT molecular complexity index is 755. The number of nitrogens with one attached hydrogen (secondary N) is 1. The van der Waals surface area contributed by atoms with Crippen LogP contribution in [0.4, 0.5) is 11.4 Å². The zero-order valence-corrected chi connectivity index (χ0v) is 13.3. The predicted octanol–water partition coefficient (Wildman–Crippen LogP) is 1.84. The normalized spacial score (nSPS) is 10.4. The molecule has 1 aromatic heterocycles. The maximum absolute atomic E-state index is 12.0. The lowest BCUT2D eigenvalue weighted by atomic mass is 10.2. The van der Waals surface area contributed by atoms with Crippen LogP contribution in [0.15, 0.2) is 33.8 Å². The second-order valence-corrected chi connectivity index (χ2v) is 5.49. The van der Waals surface area contributed by atoms with Crippen molar-refractivity contribution in [2.75, 3.05) is 11.1 Å². The number of nitrogen functional groups attached to an aromatic ring is 1. The van der Waals surface area contributed by atoms with E-state index in [2.05, 4.69) is 26.2 Å². The minimum Gasteiger partial charge on any atom is -0.399 e. The number of carbonyl (C=O) groups excluding carboxylic acids is 1. The summed E-state index contributed by atoms with van der Waals surface area (Å²) < 4.78 is 1.61. The molecule has 0 radical (unpaired) electrons. The van der Waals surface area contributed by atoms with Crippen LogP contribution in [-0.2, 0) is 11.3 Å². The van der Waals surface area contributed by atoms with E-state index in [4.69, 9.17) is 5.73 Å². The molecule has 1 heterocycles. The SMILES string of the molecule is Cc1cc(N)ccc1NC(=O)Cn1cnc(C)c(Br)c1=O. The molecule has 0 aliphatic rings. The number of halogens is 1. The van der Waals surface area contributed by atoms with Gasteiger partial charge in [-0.3, -0.25) is 14.2 Å². The highest BCUT2D eigenvalue weighted by molar-refractivity contribution is 9.10. The molecule has 0 fully saturated rings. The predicted molar refractivity (Wildman–Crippen MR) is 85.2 cm³/mol. The lowest BCUT2D eigenvalue weighted by Crippen LogP contribution is -2.28. The molecule has 1 aromatic carbocycles. The van der Waals surface area contributed by atoms with Gasteiger partial charge in [-0.05, 0) is 53.5 Å². The first-order valence-electron chi connectivity index (χ1n) is 6.26. The quantitative estimate of drug-likeness (QED) is 0.826. The molecular formula is C14H15BrN4O2. The number of rotatable bonds is 3. The number of amides is 1.